The molecule has 2 amide bonds. The average molecular weight is 386 g/mol. The summed E-state index contributed by atoms with van der Waals surface area (Å²) in [5.41, 5.74) is 3.09. The minimum absolute atomic E-state index is 0.294. The van der Waals surface area contributed by atoms with E-state index in [0.29, 0.717) is 17.8 Å². The van der Waals surface area contributed by atoms with Gasteiger partial charge in [-0.15, -0.1) is 0 Å². The number of urea groups is 1. The number of aryl methyl sites for hydroxylation is 1. The first-order valence-corrected chi connectivity index (χ1v) is 9.92. The van der Waals surface area contributed by atoms with E-state index in [-0.39, 0.29) is 6.03 Å². The fraction of sp³-hybridized carbons (Fsp3) is 0.524. The summed E-state index contributed by atoms with van der Waals surface area (Å²) in [4.78, 5) is 29.7. The monoisotopic (exact) mass is 386 g/mol. The van der Waals surface area contributed by atoms with E-state index in [0.717, 1.165) is 50.3 Å². The summed E-state index contributed by atoms with van der Waals surface area (Å²) >= 11 is 0. The van der Waals surface area contributed by atoms with Gasteiger partial charge in [0.05, 0.1) is 18.7 Å². The number of piperazine rings is 1. The Balaban J connectivity index is 1.85. The van der Waals surface area contributed by atoms with E-state index in [1.54, 1.807) is 0 Å². The van der Waals surface area contributed by atoms with Crippen molar-refractivity contribution in [1.29, 1.82) is 0 Å². The van der Waals surface area contributed by atoms with Crippen molar-refractivity contribution >= 4 is 12.0 Å². The van der Waals surface area contributed by atoms with Crippen LogP contribution in [0.5, 0.6) is 0 Å². The summed E-state index contributed by atoms with van der Waals surface area (Å²) in [6.45, 7) is 9.67. The number of amides is 2. The Bertz CT molecular complexity index is 737. The molecular formula is C21H30N4O3. The normalized spacial score (nSPS) is 21.2. The van der Waals surface area contributed by atoms with Crippen LogP contribution in [0.4, 0.5) is 4.79 Å². The smallest absolute Gasteiger partial charge is 0.338 e. The summed E-state index contributed by atoms with van der Waals surface area (Å²) in [5.74, 6) is -0.419. The van der Waals surface area contributed by atoms with Gasteiger partial charge in [0.2, 0.25) is 0 Å². The van der Waals surface area contributed by atoms with Crippen LogP contribution in [0.25, 0.3) is 0 Å². The SMILES string of the molecule is CCCN1CCN(CC2=C(C(=O)OC)[C@H](c3ccc(C)cc3)NC(=O)N2)CC1. The Morgan fingerprint density at radius 3 is 2.39 bits per heavy atom. The topological polar surface area (TPSA) is 73.9 Å². The molecule has 0 aromatic heterocycles. The lowest BCUT2D eigenvalue weighted by atomic mass is 9.94. The highest BCUT2D eigenvalue weighted by atomic mass is 16.5. The second-order valence-electron chi connectivity index (χ2n) is 7.44. The zero-order chi connectivity index (χ0) is 20.1. The predicted octanol–water partition coefficient (Wildman–Crippen LogP) is 1.80. The van der Waals surface area contributed by atoms with E-state index in [1.165, 1.54) is 7.11 Å². The summed E-state index contributed by atoms with van der Waals surface area (Å²) in [7, 11) is 1.37. The van der Waals surface area contributed by atoms with Gasteiger partial charge in [-0.25, -0.2) is 9.59 Å². The van der Waals surface area contributed by atoms with Crippen molar-refractivity contribution in [2.75, 3.05) is 46.4 Å². The first-order valence-electron chi connectivity index (χ1n) is 9.92. The van der Waals surface area contributed by atoms with Crippen molar-refractivity contribution in [2.24, 2.45) is 0 Å². The molecule has 0 spiro atoms. The maximum atomic E-state index is 12.6. The third kappa shape index (κ3) is 4.72. The van der Waals surface area contributed by atoms with Gasteiger partial charge in [-0.1, -0.05) is 36.8 Å². The van der Waals surface area contributed by atoms with E-state index >= 15 is 0 Å². The number of rotatable bonds is 6. The number of ether oxygens (including phenoxy) is 1. The summed E-state index contributed by atoms with van der Waals surface area (Å²) < 4.78 is 5.05. The molecule has 7 heteroatoms. The Hall–Kier alpha value is -2.38. The van der Waals surface area contributed by atoms with Gasteiger partial charge in [0.25, 0.3) is 0 Å². The highest BCUT2D eigenvalue weighted by Crippen LogP contribution is 2.28. The van der Waals surface area contributed by atoms with E-state index in [4.69, 9.17) is 4.74 Å². The van der Waals surface area contributed by atoms with E-state index in [1.807, 2.05) is 31.2 Å². The fourth-order valence-corrected chi connectivity index (χ4v) is 3.81. The van der Waals surface area contributed by atoms with Crippen LogP contribution in [0, 0.1) is 6.92 Å². The maximum Gasteiger partial charge on any atom is 0.338 e. The molecule has 2 N–H and O–H groups in total. The van der Waals surface area contributed by atoms with Crippen molar-refractivity contribution < 1.29 is 14.3 Å². The van der Waals surface area contributed by atoms with Crippen LogP contribution in [-0.2, 0) is 9.53 Å². The molecule has 3 rings (SSSR count). The van der Waals surface area contributed by atoms with E-state index in [2.05, 4.69) is 27.4 Å². The number of hydrogen-bond acceptors (Lipinski definition) is 5. The molecule has 2 aliphatic rings. The molecule has 0 aliphatic carbocycles. The molecule has 1 saturated heterocycles. The Morgan fingerprint density at radius 1 is 1.14 bits per heavy atom. The third-order valence-electron chi connectivity index (χ3n) is 5.36. The Kier molecular flexibility index (Phi) is 6.70. The maximum absolute atomic E-state index is 12.6. The number of hydrogen-bond donors (Lipinski definition) is 2. The number of nitrogens with one attached hydrogen (secondary N) is 2. The van der Waals surface area contributed by atoms with Crippen molar-refractivity contribution in [2.45, 2.75) is 26.3 Å². The third-order valence-corrected chi connectivity index (χ3v) is 5.36. The molecule has 1 fully saturated rings. The molecule has 0 saturated carbocycles. The lowest BCUT2D eigenvalue weighted by Crippen LogP contribution is -2.51. The number of carbonyl (C=O) groups excluding carboxylic acids is 2. The molecule has 2 heterocycles. The molecule has 1 atom stereocenters. The zero-order valence-electron chi connectivity index (χ0n) is 17.0. The molecule has 1 aromatic rings. The second-order valence-corrected chi connectivity index (χ2v) is 7.44. The standard InChI is InChI=1S/C21H30N4O3/c1-4-9-24-10-12-25(13-11-24)14-17-18(20(26)28-3)19(23-21(27)22-17)16-7-5-15(2)6-8-16/h5-8,19H,4,9-14H2,1-3H3,(H2,22,23,27)/t19-/m0/s1. The molecule has 0 radical (unpaired) electrons. The van der Waals surface area contributed by atoms with Gasteiger partial charge in [0.1, 0.15) is 0 Å². The molecule has 1 aromatic carbocycles. The van der Waals surface area contributed by atoms with Gasteiger partial charge in [0, 0.05) is 38.4 Å². The van der Waals surface area contributed by atoms with Gasteiger partial charge in [-0.2, -0.15) is 0 Å². The van der Waals surface area contributed by atoms with Crippen molar-refractivity contribution in [3.8, 4) is 0 Å². The largest absolute Gasteiger partial charge is 0.466 e. The van der Waals surface area contributed by atoms with E-state index in [9.17, 15) is 9.59 Å². The van der Waals surface area contributed by atoms with E-state index < -0.39 is 12.0 Å². The van der Waals surface area contributed by atoms with Crippen LogP contribution in [0.3, 0.4) is 0 Å². The minimum Gasteiger partial charge on any atom is -0.466 e. The molecule has 2 aliphatic heterocycles. The van der Waals surface area contributed by atoms with Crippen LogP contribution < -0.4 is 10.6 Å². The number of carbonyl (C=O) groups is 2. The summed E-state index contributed by atoms with van der Waals surface area (Å²) in [6.07, 6.45) is 1.15. The quantitative estimate of drug-likeness (QED) is 0.730. The van der Waals surface area contributed by atoms with Gasteiger partial charge >= 0.3 is 12.0 Å². The van der Waals surface area contributed by atoms with Gasteiger partial charge in [-0.05, 0) is 25.5 Å². The highest BCUT2D eigenvalue weighted by Gasteiger charge is 2.34. The van der Waals surface area contributed by atoms with Crippen LogP contribution in [0.1, 0.15) is 30.5 Å². The molecular weight excluding hydrogens is 356 g/mol. The predicted molar refractivity (Wildman–Crippen MR) is 108 cm³/mol. The molecule has 7 nitrogen and oxygen atoms in total. The van der Waals surface area contributed by atoms with Crippen molar-refractivity contribution in [1.82, 2.24) is 20.4 Å². The summed E-state index contributed by atoms with van der Waals surface area (Å²) in [5, 5.41) is 5.72. The molecule has 0 unspecified atom stereocenters. The first kappa shape index (κ1) is 20.4. The lowest BCUT2D eigenvalue weighted by Gasteiger charge is -2.37. The second kappa shape index (κ2) is 9.21. The lowest BCUT2D eigenvalue weighted by molar-refractivity contribution is -0.136. The van der Waals surface area contributed by atoms with Crippen molar-refractivity contribution in [3.05, 3.63) is 46.7 Å². The van der Waals surface area contributed by atoms with Crippen LogP contribution in [0.15, 0.2) is 35.5 Å². The number of benzene rings is 1. The number of methoxy groups -OCH3 is 1. The average Bonchev–Trinajstić information content (AvgIpc) is 2.69. The van der Waals surface area contributed by atoms with Crippen molar-refractivity contribution in [3.63, 3.8) is 0 Å². The molecule has 152 valence electrons. The van der Waals surface area contributed by atoms with Gasteiger partial charge in [0.15, 0.2) is 0 Å². The van der Waals surface area contributed by atoms with Crippen LogP contribution in [0.2, 0.25) is 0 Å². The molecule has 0 bridgehead atoms. The fourth-order valence-electron chi connectivity index (χ4n) is 3.81. The molecule has 28 heavy (non-hydrogen) atoms. The first-order chi connectivity index (χ1) is 13.5. The summed E-state index contributed by atoms with van der Waals surface area (Å²) in [6, 6.07) is 7.03. The minimum atomic E-state index is -0.516. The zero-order valence-corrected chi connectivity index (χ0v) is 17.0. The van der Waals surface area contributed by atoms with Gasteiger partial charge < -0.3 is 20.3 Å². The number of esters is 1. The highest BCUT2D eigenvalue weighted by molar-refractivity contribution is 5.95. The Labute approximate surface area is 166 Å². The number of nitrogens with zero attached hydrogens (tertiary/aromatic N) is 2. The van der Waals surface area contributed by atoms with Crippen LogP contribution in [-0.4, -0.2) is 68.2 Å². The van der Waals surface area contributed by atoms with Gasteiger partial charge in [-0.3, -0.25) is 4.90 Å². The Morgan fingerprint density at radius 2 is 1.79 bits per heavy atom. The van der Waals surface area contributed by atoms with Crippen LogP contribution >= 0.6 is 0 Å².